The Hall–Kier alpha value is -6.53. The zero-order chi connectivity index (χ0) is 36.0. The Labute approximate surface area is 291 Å². The van der Waals surface area contributed by atoms with Gasteiger partial charge in [0.25, 0.3) is 29.5 Å². The van der Waals surface area contributed by atoms with Crippen molar-refractivity contribution in [3.8, 4) is 11.6 Å². The summed E-state index contributed by atoms with van der Waals surface area (Å²) < 4.78 is 22.1. The summed E-state index contributed by atoms with van der Waals surface area (Å²) in [6, 6.07) is 14.0. The minimum absolute atomic E-state index is 0.00818. The van der Waals surface area contributed by atoms with Gasteiger partial charge in [-0.1, -0.05) is 12.1 Å². The molecule has 3 aromatic heterocycles. The molecular weight excluding hydrogens is 684 g/mol. The lowest BCUT2D eigenvalue weighted by atomic mass is 10.1. The fourth-order valence-electron chi connectivity index (χ4n) is 5.82. The summed E-state index contributed by atoms with van der Waals surface area (Å²) in [6.07, 6.45) is -0.217. The molecule has 5 aromatic rings. The lowest BCUT2D eigenvalue weighted by molar-refractivity contribution is -0.167. The maximum absolute atomic E-state index is 13.8. The largest absolute Gasteiger partial charge is 0.481 e. The predicted octanol–water partition coefficient (Wildman–Crippen LogP) is 2.09. The van der Waals surface area contributed by atoms with Gasteiger partial charge < -0.3 is 25.3 Å². The molecule has 2 aromatic carbocycles. The molecule has 3 N–H and O–H groups in total. The zero-order valence-corrected chi connectivity index (χ0v) is 27.6. The average Bonchev–Trinajstić information content (AvgIpc) is 3.84. The number of esters is 1. The number of pyridine rings is 1. The standard InChI is InChI=1S/C33H26N8O9S/c1-16(42)50-25(26-33(47)39(13-14-49-26)22-10-12-40(37-22)17-9-11-35-23(15-17)48-2)30(44)36-21-8-7-20-27(24(21)28(34)43)51-38-29(20)41-31(45)18-5-3-4-6-19(18)32(41)46/h3-12,15,25-26H,13-14H2,1-2H3,(H2,34,43)(H,36,44). The van der Waals surface area contributed by atoms with Crippen LogP contribution in [0.5, 0.6) is 5.88 Å². The van der Waals surface area contributed by atoms with Crippen molar-refractivity contribution in [2.45, 2.75) is 19.1 Å². The van der Waals surface area contributed by atoms with Crippen LogP contribution in [0.1, 0.15) is 38.0 Å². The van der Waals surface area contributed by atoms with Crippen LogP contribution in [0.3, 0.4) is 0 Å². The van der Waals surface area contributed by atoms with E-state index in [0.717, 1.165) is 23.4 Å². The predicted molar refractivity (Wildman–Crippen MR) is 180 cm³/mol. The molecule has 2 aliphatic rings. The fourth-order valence-corrected chi connectivity index (χ4v) is 6.74. The number of aromatic nitrogens is 4. The number of nitrogens with two attached hydrogens (primary N) is 1. The second-order valence-corrected chi connectivity index (χ2v) is 12.0. The summed E-state index contributed by atoms with van der Waals surface area (Å²) in [7, 11) is 1.48. The number of carbonyl (C=O) groups is 6. The first kappa shape index (κ1) is 33.0. The van der Waals surface area contributed by atoms with E-state index < -0.39 is 47.7 Å². The molecule has 1 fully saturated rings. The molecule has 1 saturated heterocycles. The van der Waals surface area contributed by atoms with Gasteiger partial charge in [-0.2, -0.15) is 4.37 Å². The second-order valence-electron chi connectivity index (χ2n) is 11.2. The van der Waals surface area contributed by atoms with Gasteiger partial charge in [0.2, 0.25) is 12.0 Å². The SMILES string of the molecule is COc1cc(-n2ccc(N3CCOC(C(OC(C)=O)C(=O)Nc4ccc5c(N6C(=O)c7ccccc7C6=O)nsc5c4C(N)=O)C3=O)n2)ccn1. The van der Waals surface area contributed by atoms with E-state index in [1.807, 2.05) is 0 Å². The summed E-state index contributed by atoms with van der Waals surface area (Å²) in [6.45, 7) is 1.12. The molecule has 5 amide bonds. The molecule has 0 radical (unpaired) electrons. The first-order valence-electron chi connectivity index (χ1n) is 15.2. The quantitative estimate of drug-likeness (QED) is 0.166. The number of hydrogen-bond donors (Lipinski definition) is 2. The smallest absolute Gasteiger partial charge is 0.303 e. The summed E-state index contributed by atoms with van der Waals surface area (Å²) in [4.78, 5) is 85.1. The molecule has 2 atom stereocenters. The van der Waals surface area contributed by atoms with E-state index >= 15 is 0 Å². The highest BCUT2D eigenvalue weighted by molar-refractivity contribution is 7.14. The number of benzene rings is 2. The van der Waals surface area contributed by atoms with Gasteiger partial charge in [-0.3, -0.25) is 33.7 Å². The molecule has 7 rings (SSSR count). The molecule has 18 heteroatoms. The van der Waals surface area contributed by atoms with E-state index in [-0.39, 0.29) is 57.3 Å². The molecular formula is C33H26N8O9S. The van der Waals surface area contributed by atoms with Crippen LogP contribution in [0.4, 0.5) is 17.3 Å². The number of methoxy groups -OCH3 is 1. The number of morpholine rings is 1. The zero-order valence-electron chi connectivity index (χ0n) is 26.8. The van der Waals surface area contributed by atoms with Crippen LogP contribution in [0.15, 0.2) is 67.0 Å². The number of rotatable bonds is 9. The molecule has 0 bridgehead atoms. The lowest BCUT2D eigenvalue weighted by Gasteiger charge is -2.34. The topological polar surface area (TPSA) is 218 Å². The number of nitrogens with one attached hydrogen (secondary N) is 1. The Morgan fingerprint density at radius 2 is 1.80 bits per heavy atom. The van der Waals surface area contributed by atoms with Gasteiger partial charge in [-0.25, -0.2) is 14.6 Å². The third-order valence-electron chi connectivity index (χ3n) is 8.12. The Morgan fingerprint density at radius 1 is 1.06 bits per heavy atom. The van der Waals surface area contributed by atoms with Crippen LogP contribution in [-0.2, 0) is 23.9 Å². The highest BCUT2D eigenvalue weighted by atomic mass is 32.1. The number of primary amides is 1. The van der Waals surface area contributed by atoms with Crippen LogP contribution < -0.4 is 25.6 Å². The number of anilines is 3. The molecule has 258 valence electrons. The summed E-state index contributed by atoms with van der Waals surface area (Å²) in [5, 5.41) is 7.27. The number of imide groups is 1. The third-order valence-corrected chi connectivity index (χ3v) is 8.99. The van der Waals surface area contributed by atoms with Crippen molar-refractivity contribution in [2.75, 3.05) is 35.4 Å². The van der Waals surface area contributed by atoms with Crippen molar-refractivity contribution < 1.29 is 43.0 Å². The van der Waals surface area contributed by atoms with Gasteiger partial charge in [-0.05, 0) is 41.9 Å². The van der Waals surface area contributed by atoms with Gasteiger partial charge in [0.15, 0.2) is 17.7 Å². The first-order valence-corrected chi connectivity index (χ1v) is 16.0. The number of amides is 5. The van der Waals surface area contributed by atoms with E-state index in [9.17, 15) is 28.8 Å². The highest BCUT2D eigenvalue weighted by Gasteiger charge is 2.44. The maximum Gasteiger partial charge on any atom is 0.303 e. The maximum atomic E-state index is 13.8. The van der Waals surface area contributed by atoms with E-state index in [4.69, 9.17) is 19.9 Å². The van der Waals surface area contributed by atoms with Gasteiger partial charge in [0, 0.05) is 36.8 Å². The molecule has 0 saturated carbocycles. The second kappa shape index (κ2) is 13.1. The van der Waals surface area contributed by atoms with Crippen LogP contribution in [0.25, 0.3) is 15.8 Å². The van der Waals surface area contributed by atoms with Crippen molar-refractivity contribution >= 4 is 74.4 Å². The molecule has 0 aliphatic carbocycles. The Kier molecular flexibility index (Phi) is 8.45. The normalized spacial score (nSPS) is 16.3. The number of ether oxygens (including phenoxy) is 3. The van der Waals surface area contributed by atoms with Crippen molar-refractivity contribution in [1.82, 2.24) is 19.1 Å². The minimum Gasteiger partial charge on any atom is -0.481 e. The molecule has 5 heterocycles. The third kappa shape index (κ3) is 5.81. The van der Waals surface area contributed by atoms with Crippen LogP contribution in [0, 0.1) is 0 Å². The van der Waals surface area contributed by atoms with Crippen LogP contribution in [0.2, 0.25) is 0 Å². The Balaban J connectivity index is 1.16. The fraction of sp³-hybridized carbons (Fsp3) is 0.182. The average molecular weight is 711 g/mol. The lowest BCUT2D eigenvalue weighted by Crippen LogP contribution is -2.56. The van der Waals surface area contributed by atoms with Crippen molar-refractivity contribution in [3.05, 3.63) is 83.7 Å². The summed E-state index contributed by atoms with van der Waals surface area (Å²) in [5.41, 5.74) is 6.51. The first-order chi connectivity index (χ1) is 24.6. The van der Waals surface area contributed by atoms with Gasteiger partial charge in [0.05, 0.1) is 53.0 Å². The van der Waals surface area contributed by atoms with Crippen molar-refractivity contribution in [2.24, 2.45) is 5.73 Å². The van der Waals surface area contributed by atoms with Gasteiger partial charge in [0.1, 0.15) is 0 Å². The van der Waals surface area contributed by atoms with Gasteiger partial charge >= 0.3 is 5.97 Å². The number of nitrogens with zero attached hydrogens (tertiary/aromatic N) is 6. The summed E-state index contributed by atoms with van der Waals surface area (Å²) >= 11 is 0.789. The van der Waals surface area contributed by atoms with Crippen LogP contribution in [-0.4, -0.2) is 87.1 Å². The molecule has 2 unspecified atom stereocenters. The Bertz CT molecular complexity index is 2250. The minimum atomic E-state index is -1.80. The summed E-state index contributed by atoms with van der Waals surface area (Å²) in [5.74, 6) is -4.11. The van der Waals surface area contributed by atoms with Crippen molar-refractivity contribution in [1.29, 1.82) is 0 Å². The molecule has 51 heavy (non-hydrogen) atoms. The van der Waals surface area contributed by atoms with Gasteiger partial charge in [-0.15, -0.1) is 5.10 Å². The molecule has 17 nitrogen and oxygen atoms in total. The van der Waals surface area contributed by atoms with E-state index in [1.54, 1.807) is 36.5 Å². The van der Waals surface area contributed by atoms with E-state index in [1.165, 1.54) is 47.2 Å². The number of carbonyl (C=O) groups excluding carboxylic acids is 6. The van der Waals surface area contributed by atoms with Crippen molar-refractivity contribution in [3.63, 3.8) is 0 Å². The monoisotopic (exact) mass is 710 g/mol. The Morgan fingerprint density at radius 3 is 2.49 bits per heavy atom. The molecule has 0 spiro atoms. The number of fused-ring (bicyclic) bond motifs is 2. The van der Waals surface area contributed by atoms with Crippen LogP contribution >= 0.6 is 11.5 Å². The van der Waals surface area contributed by atoms with E-state index in [2.05, 4.69) is 19.8 Å². The highest BCUT2D eigenvalue weighted by Crippen LogP contribution is 2.39. The van der Waals surface area contributed by atoms with E-state index in [0.29, 0.717) is 11.6 Å². The number of hydrogen-bond acceptors (Lipinski definition) is 13. The molecule has 2 aliphatic heterocycles.